The Bertz CT molecular complexity index is 565. The lowest BCUT2D eigenvalue weighted by Crippen LogP contribution is -2.72. The van der Waals surface area contributed by atoms with Crippen molar-refractivity contribution in [2.24, 2.45) is 0 Å². The summed E-state index contributed by atoms with van der Waals surface area (Å²) in [5.41, 5.74) is 1.49. The van der Waals surface area contributed by atoms with E-state index in [1.807, 2.05) is 0 Å². The van der Waals surface area contributed by atoms with Crippen LogP contribution >= 0.6 is 0 Å². The molecule has 0 spiro atoms. The molecule has 2 saturated heterocycles. The maximum Gasteiger partial charge on any atom is 0.0800 e. The minimum absolute atomic E-state index is 0.0658. The Morgan fingerprint density at radius 3 is 1.93 bits per heavy atom. The molecule has 5 unspecified atom stereocenters. The third-order valence-corrected chi connectivity index (χ3v) is 15.6. The fourth-order valence-corrected chi connectivity index (χ4v) is 14.3. The summed E-state index contributed by atoms with van der Waals surface area (Å²) in [6.07, 6.45) is 7.63. The molecule has 2 aliphatic rings. The summed E-state index contributed by atoms with van der Waals surface area (Å²) in [5.74, 6) is 0.620. The van der Waals surface area contributed by atoms with Crippen LogP contribution in [0.15, 0.2) is 30.3 Å². The molecule has 2 nitrogen and oxygen atoms in total. The highest BCUT2D eigenvalue weighted by atomic mass is 28.3. The lowest BCUT2D eigenvalue weighted by molar-refractivity contribution is -0.165. The Balaban J connectivity index is 1.91. The first-order valence-corrected chi connectivity index (χ1v) is 16.5. The molecule has 0 saturated carbocycles. The summed E-state index contributed by atoms with van der Waals surface area (Å²) in [4.78, 5) is 0. The first-order valence-electron chi connectivity index (χ1n) is 11.4. The second-order valence-electron chi connectivity index (χ2n) is 9.15. The van der Waals surface area contributed by atoms with Gasteiger partial charge >= 0.3 is 0 Å². The smallest absolute Gasteiger partial charge is 0.0800 e. The summed E-state index contributed by atoms with van der Waals surface area (Å²) < 4.78 is 13.7. The number of ether oxygens (including phenoxy) is 2. The number of hydrogen-bond acceptors (Lipinski definition) is 2. The van der Waals surface area contributed by atoms with E-state index in [2.05, 4.69) is 57.3 Å². The van der Waals surface area contributed by atoms with Gasteiger partial charge in [-0.05, 0) is 50.0 Å². The van der Waals surface area contributed by atoms with Gasteiger partial charge in [0.15, 0.2) is 0 Å². The van der Waals surface area contributed by atoms with Gasteiger partial charge in [-0.3, -0.25) is 0 Å². The minimum atomic E-state index is -1.17. The topological polar surface area (TPSA) is 18.5 Å². The first kappa shape index (κ1) is 21.3. The van der Waals surface area contributed by atoms with E-state index in [1.165, 1.54) is 56.2 Å². The summed E-state index contributed by atoms with van der Waals surface area (Å²) in [5, 5.41) is 0.152. The fraction of sp³-hybridized carbons (Fsp3) is 0.739. The summed E-state index contributed by atoms with van der Waals surface area (Å²) in [7, 11) is -2.20. The molecule has 2 aliphatic heterocycles. The second-order valence-corrected chi connectivity index (χ2v) is 15.9. The molecule has 3 rings (SSSR count). The molecule has 2 heterocycles. The summed E-state index contributed by atoms with van der Waals surface area (Å²) in [6, 6.07) is 13.7. The molecular weight excluding hydrogens is 364 g/mol. The van der Waals surface area contributed by atoms with Crippen LogP contribution in [0.2, 0.25) is 25.2 Å². The highest BCUT2D eigenvalue weighted by Crippen LogP contribution is 2.48. The van der Waals surface area contributed by atoms with Crippen LogP contribution in [0, 0.1) is 0 Å². The van der Waals surface area contributed by atoms with Gasteiger partial charge in [-0.2, -0.15) is 0 Å². The Labute approximate surface area is 170 Å². The molecule has 152 valence electrons. The summed E-state index contributed by atoms with van der Waals surface area (Å²) in [6.45, 7) is 11.9. The molecule has 1 aromatic carbocycles. The van der Waals surface area contributed by atoms with Crippen LogP contribution in [0.25, 0.3) is 0 Å². The van der Waals surface area contributed by atoms with Crippen molar-refractivity contribution in [1.82, 2.24) is 0 Å². The van der Waals surface area contributed by atoms with Gasteiger partial charge in [0.05, 0.1) is 28.0 Å². The Morgan fingerprint density at radius 1 is 0.889 bits per heavy atom. The standard InChI is InChI=1S/C23H40O2Si2/c1-5-26(3)22(15-9-11-17-24-22)23(16-10-12-18-25-23)27(4)19-20(2)21-13-7-6-8-14-21/h6-8,13-14,20,26-27H,5,9-12,15-19H2,1-4H3. The molecule has 1 aromatic rings. The van der Waals surface area contributed by atoms with Crippen LogP contribution in [0.5, 0.6) is 0 Å². The van der Waals surface area contributed by atoms with Crippen LogP contribution < -0.4 is 0 Å². The van der Waals surface area contributed by atoms with Crippen molar-refractivity contribution in [1.29, 1.82) is 0 Å². The average Bonchev–Trinajstić information content (AvgIpc) is 2.74. The van der Waals surface area contributed by atoms with E-state index in [4.69, 9.17) is 9.47 Å². The SMILES string of the molecule is CC[SiH](C)C1(C2([SiH](C)CC(C)c3ccccc3)CCCCO2)CCCCO1. The molecule has 0 bridgehead atoms. The largest absolute Gasteiger partial charge is 0.376 e. The molecule has 0 aliphatic carbocycles. The van der Waals surface area contributed by atoms with Crippen molar-refractivity contribution in [3.8, 4) is 0 Å². The predicted molar refractivity (Wildman–Crippen MR) is 121 cm³/mol. The normalized spacial score (nSPS) is 32.6. The highest BCUT2D eigenvalue weighted by Gasteiger charge is 2.59. The second kappa shape index (κ2) is 9.38. The third-order valence-electron chi connectivity index (χ3n) is 7.60. The van der Waals surface area contributed by atoms with Gasteiger partial charge in [-0.25, -0.2) is 0 Å². The first-order chi connectivity index (χ1) is 13.1. The molecule has 0 aromatic heterocycles. The van der Waals surface area contributed by atoms with Crippen LogP contribution in [0.1, 0.15) is 63.9 Å². The van der Waals surface area contributed by atoms with Crippen molar-refractivity contribution >= 4 is 17.6 Å². The molecule has 0 amide bonds. The Hall–Kier alpha value is -0.426. The van der Waals surface area contributed by atoms with Gasteiger partial charge in [0.25, 0.3) is 0 Å². The maximum absolute atomic E-state index is 6.90. The van der Waals surface area contributed by atoms with Crippen molar-refractivity contribution in [2.75, 3.05) is 13.2 Å². The van der Waals surface area contributed by atoms with Gasteiger partial charge in [-0.1, -0.05) is 69.4 Å². The van der Waals surface area contributed by atoms with Crippen LogP contribution in [0.4, 0.5) is 0 Å². The zero-order chi connectivity index (χ0) is 19.3. The number of benzene rings is 1. The minimum Gasteiger partial charge on any atom is -0.376 e. The fourth-order valence-electron chi connectivity index (χ4n) is 5.88. The predicted octanol–water partition coefficient (Wildman–Crippen LogP) is 5.48. The number of rotatable bonds is 7. The van der Waals surface area contributed by atoms with Gasteiger partial charge in [-0.15, -0.1) is 0 Å². The van der Waals surface area contributed by atoms with E-state index in [0.717, 1.165) is 13.2 Å². The monoisotopic (exact) mass is 404 g/mol. The Morgan fingerprint density at radius 2 is 1.44 bits per heavy atom. The van der Waals surface area contributed by atoms with Crippen LogP contribution in [-0.4, -0.2) is 41.3 Å². The molecule has 0 N–H and O–H groups in total. The van der Waals surface area contributed by atoms with E-state index < -0.39 is 17.6 Å². The number of hydrogen-bond donors (Lipinski definition) is 0. The quantitative estimate of drug-likeness (QED) is 0.560. The lowest BCUT2D eigenvalue weighted by atomic mass is 9.96. The van der Waals surface area contributed by atoms with Crippen molar-refractivity contribution in [2.45, 2.75) is 93.9 Å². The van der Waals surface area contributed by atoms with Crippen molar-refractivity contribution in [3.05, 3.63) is 35.9 Å². The maximum atomic E-state index is 6.90. The molecule has 4 heteroatoms. The molecule has 27 heavy (non-hydrogen) atoms. The van der Waals surface area contributed by atoms with Gasteiger partial charge in [0, 0.05) is 13.2 Å². The molecular formula is C23H40O2Si2. The van der Waals surface area contributed by atoms with E-state index in [-0.39, 0.29) is 10.4 Å². The van der Waals surface area contributed by atoms with Crippen molar-refractivity contribution < 1.29 is 9.47 Å². The zero-order valence-electron chi connectivity index (χ0n) is 18.0. The van der Waals surface area contributed by atoms with Gasteiger partial charge < -0.3 is 9.47 Å². The highest BCUT2D eigenvalue weighted by molar-refractivity contribution is 6.68. The zero-order valence-corrected chi connectivity index (χ0v) is 20.3. The van der Waals surface area contributed by atoms with Crippen LogP contribution in [-0.2, 0) is 9.47 Å². The van der Waals surface area contributed by atoms with E-state index in [1.54, 1.807) is 0 Å². The molecule has 0 radical (unpaired) electrons. The van der Waals surface area contributed by atoms with E-state index in [9.17, 15) is 0 Å². The van der Waals surface area contributed by atoms with Crippen molar-refractivity contribution in [3.63, 3.8) is 0 Å². The van der Waals surface area contributed by atoms with Crippen LogP contribution in [0.3, 0.4) is 0 Å². The lowest BCUT2D eigenvalue weighted by Gasteiger charge is -2.58. The van der Waals surface area contributed by atoms with Gasteiger partial charge in [0.1, 0.15) is 0 Å². The molecule has 5 atom stereocenters. The van der Waals surface area contributed by atoms with Gasteiger partial charge in [0.2, 0.25) is 0 Å². The Kier molecular flexibility index (Phi) is 7.40. The molecule has 2 fully saturated rings. The average molecular weight is 405 g/mol. The third kappa shape index (κ3) is 4.14. The summed E-state index contributed by atoms with van der Waals surface area (Å²) >= 11 is 0. The van der Waals surface area contributed by atoms with E-state index in [0.29, 0.717) is 5.92 Å². The van der Waals surface area contributed by atoms with E-state index >= 15 is 0 Å².